The number of ketones is 2. The highest BCUT2D eigenvalue weighted by Crippen LogP contribution is 2.71. The smallest absolute Gasteiger partial charge is 0.390 e. The highest BCUT2D eigenvalue weighted by Gasteiger charge is 2.76. The Labute approximate surface area is 300 Å². The Hall–Kier alpha value is -3.54. The van der Waals surface area contributed by atoms with E-state index in [2.05, 4.69) is 0 Å². The van der Waals surface area contributed by atoms with Crippen LogP contribution in [0.2, 0.25) is 0 Å². The standard InChI is InChI=1S/C22H28F2O5.C12H13ClF3N3O4/c1-11-6-13-14-8-16(23)15-7-12(26)4-5-19(15,2)21(14,24)17(27)9-20(13,3)22(11,29)18(28)10-25;1-2-4-17(5-3-13)11-9(18(20)21)6-8(12(14,15)16)7-10(11)19(22)23/h4-5,7,11,13-14,16-17,25,27,29H,6,8-10H2,1-3H3;6-7H,2-5H2,1H3/t11-,13+,14+,16+,17+,19+,20+,21+,22+;/m1./s1. The Morgan fingerprint density at radius 1 is 1.10 bits per heavy atom. The molecule has 3 N–H and O–H groups in total. The van der Waals surface area contributed by atoms with Crippen molar-refractivity contribution in [3.8, 4) is 0 Å². The number of fused-ring (bicyclic) bond motifs is 5. The molecule has 9 atom stereocenters. The summed E-state index contributed by atoms with van der Waals surface area (Å²) in [5.41, 5.74) is -10.6. The molecule has 0 aromatic heterocycles. The van der Waals surface area contributed by atoms with Gasteiger partial charge in [-0.15, -0.1) is 11.6 Å². The third-order valence-corrected chi connectivity index (χ3v) is 11.9. The number of nitrogens with zero attached hydrogens (tertiary/aromatic N) is 3. The van der Waals surface area contributed by atoms with E-state index >= 15 is 8.78 Å². The molecule has 12 nitrogen and oxygen atoms in total. The minimum atomic E-state index is -4.93. The highest BCUT2D eigenvalue weighted by atomic mass is 35.5. The summed E-state index contributed by atoms with van der Waals surface area (Å²) in [4.78, 5) is 45.8. The molecular weight excluding hydrogens is 725 g/mol. The summed E-state index contributed by atoms with van der Waals surface area (Å²) in [6.07, 6.45) is -4.03. The maximum Gasteiger partial charge on any atom is 0.416 e. The zero-order chi connectivity index (χ0) is 39.4. The first-order chi connectivity index (χ1) is 24.0. The van der Waals surface area contributed by atoms with Gasteiger partial charge in [0.15, 0.2) is 22.9 Å². The lowest BCUT2D eigenvalue weighted by Crippen LogP contribution is -2.70. The number of hydrogen-bond acceptors (Lipinski definition) is 10. The molecule has 5 rings (SSSR count). The number of benzene rings is 1. The fourth-order valence-electron chi connectivity index (χ4n) is 9.33. The van der Waals surface area contributed by atoms with Crippen LogP contribution in [0.3, 0.4) is 0 Å². The SMILES string of the molecule is CCCN(CCCl)c1c([N+](=O)[O-])cc(C(F)(F)F)cc1[N+](=O)[O-].C[C@@H]1C[C@H]2[C@@H]3C[C@H](F)C4=CC(=O)C=C[C@]4(C)[C@@]3(F)[C@@H](O)C[C@]2(C)[C@@]1(O)C(=O)CO. The molecule has 4 aliphatic rings. The second kappa shape index (κ2) is 14.4. The number of aliphatic hydroxyl groups excluding tert-OH is 2. The van der Waals surface area contributed by atoms with E-state index in [9.17, 15) is 58.3 Å². The number of nitro groups is 2. The second-order valence-corrected chi connectivity index (χ2v) is 14.8. The summed E-state index contributed by atoms with van der Waals surface area (Å²) in [5, 5.41) is 54.2. The third kappa shape index (κ3) is 6.30. The Balaban J connectivity index is 0.000000240. The average molecular weight is 766 g/mol. The molecule has 3 fully saturated rings. The summed E-state index contributed by atoms with van der Waals surface area (Å²) < 4.78 is 70.6. The molecule has 0 bridgehead atoms. The summed E-state index contributed by atoms with van der Waals surface area (Å²) >= 11 is 5.59. The fraction of sp³-hybridized carbons (Fsp3) is 0.647. The van der Waals surface area contributed by atoms with Crippen LogP contribution in [0.1, 0.15) is 58.9 Å². The number of nitro benzene ring substituents is 2. The van der Waals surface area contributed by atoms with E-state index in [0.717, 1.165) is 6.08 Å². The first-order valence-corrected chi connectivity index (χ1v) is 17.2. The monoisotopic (exact) mass is 765 g/mol. The van der Waals surface area contributed by atoms with Crippen LogP contribution in [0.5, 0.6) is 0 Å². The molecule has 3 saturated carbocycles. The van der Waals surface area contributed by atoms with Crippen LogP contribution in [-0.4, -0.2) is 85.9 Å². The van der Waals surface area contributed by atoms with Crippen molar-refractivity contribution in [2.45, 2.75) is 83.1 Å². The number of alkyl halides is 6. The van der Waals surface area contributed by atoms with Gasteiger partial charge in [0.25, 0.3) is 11.4 Å². The highest BCUT2D eigenvalue weighted by molar-refractivity contribution is 6.18. The Kier molecular flexibility index (Phi) is 11.4. The first kappa shape index (κ1) is 41.2. The summed E-state index contributed by atoms with van der Waals surface area (Å²) in [7, 11) is 0. The van der Waals surface area contributed by atoms with Crippen molar-refractivity contribution >= 4 is 40.2 Å². The largest absolute Gasteiger partial charge is 0.416 e. The number of Topliss-reactive ketones (excluding diaryl/α,β-unsaturated/α-hetero) is 1. The van der Waals surface area contributed by atoms with Crippen LogP contribution in [0.15, 0.2) is 35.9 Å². The number of anilines is 1. The van der Waals surface area contributed by atoms with Crippen molar-refractivity contribution in [1.29, 1.82) is 0 Å². The lowest BCUT2D eigenvalue weighted by atomic mass is 9.44. The Morgan fingerprint density at radius 3 is 2.15 bits per heavy atom. The predicted molar refractivity (Wildman–Crippen MR) is 178 cm³/mol. The molecule has 0 amide bonds. The third-order valence-electron chi connectivity index (χ3n) is 11.7. The average Bonchev–Trinajstić information content (AvgIpc) is 3.27. The van der Waals surface area contributed by atoms with E-state index in [1.165, 1.54) is 24.0 Å². The lowest BCUT2D eigenvalue weighted by Gasteiger charge is -2.63. The van der Waals surface area contributed by atoms with Gasteiger partial charge in [-0.1, -0.05) is 26.8 Å². The van der Waals surface area contributed by atoms with E-state index in [0.29, 0.717) is 18.6 Å². The number of rotatable bonds is 9. The zero-order valence-corrected chi connectivity index (χ0v) is 29.6. The van der Waals surface area contributed by atoms with Gasteiger partial charge in [-0.3, -0.25) is 29.8 Å². The van der Waals surface area contributed by atoms with Crippen molar-refractivity contribution in [1.82, 2.24) is 0 Å². The van der Waals surface area contributed by atoms with Gasteiger partial charge >= 0.3 is 6.18 Å². The van der Waals surface area contributed by atoms with Crippen molar-refractivity contribution in [2.75, 3.05) is 30.5 Å². The molecule has 0 heterocycles. The molecule has 4 aliphatic carbocycles. The number of halogens is 6. The van der Waals surface area contributed by atoms with Gasteiger partial charge in [0.05, 0.1) is 21.5 Å². The maximum absolute atomic E-state index is 16.9. The molecule has 52 heavy (non-hydrogen) atoms. The Bertz CT molecular complexity index is 1650. The van der Waals surface area contributed by atoms with Crippen LogP contribution in [-0.2, 0) is 15.8 Å². The molecule has 0 unspecified atom stereocenters. The summed E-state index contributed by atoms with van der Waals surface area (Å²) in [5.74, 6) is -3.23. The fourth-order valence-corrected chi connectivity index (χ4v) is 9.54. The van der Waals surface area contributed by atoms with E-state index < -0.39 is 109 Å². The van der Waals surface area contributed by atoms with Gasteiger partial charge < -0.3 is 20.2 Å². The number of hydrogen-bond donors (Lipinski definition) is 3. The number of carbonyl (C=O) groups excluding carboxylic acids is 2. The number of carbonyl (C=O) groups is 2. The van der Waals surface area contributed by atoms with E-state index in [-0.39, 0.29) is 43.8 Å². The molecule has 18 heteroatoms. The molecule has 0 spiro atoms. The van der Waals surface area contributed by atoms with E-state index in [4.69, 9.17) is 11.6 Å². The quantitative estimate of drug-likeness (QED) is 0.120. The second-order valence-electron chi connectivity index (χ2n) is 14.4. The number of allylic oxidation sites excluding steroid dienone is 4. The lowest BCUT2D eigenvalue weighted by molar-refractivity contribution is -0.393. The number of aliphatic hydroxyl groups is 3. The van der Waals surface area contributed by atoms with Crippen molar-refractivity contribution in [3.05, 3.63) is 61.7 Å². The minimum absolute atomic E-state index is 0.00926. The minimum Gasteiger partial charge on any atom is -0.390 e. The van der Waals surface area contributed by atoms with Gasteiger partial charge in [-0.05, 0) is 62.2 Å². The van der Waals surface area contributed by atoms with Gasteiger partial charge in [0.2, 0.25) is 0 Å². The van der Waals surface area contributed by atoms with Crippen molar-refractivity contribution in [3.63, 3.8) is 0 Å². The van der Waals surface area contributed by atoms with E-state index in [1.54, 1.807) is 20.8 Å². The van der Waals surface area contributed by atoms with Crippen LogP contribution < -0.4 is 4.90 Å². The molecule has 1 aromatic carbocycles. The van der Waals surface area contributed by atoms with Crippen LogP contribution >= 0.6 is 11.6 Å². The van der Waals surface area contributed by atoms with Gasteiger partial charge in [-0.25, -0.2) is 8.78 Å². The molecular formula is C34H41ClF5N3O9. The molecule has 0 saturated heterocycles. The van der Waals surface area contributed by atoms with Gasteiger partial charge in [0, 0.05) is 47.9 Å². The molecule has 288 valence electrons. The summed E-state index contributed by atoms with van der Waals surface area (Å²) in [6.45, 7) is 5.90. The van der Waals surface area contributed by atoms with Crippen LogP contribution in [0, 0.1) is 48.8 Å². The van der Waals surface area contributed by atoms with Crippen molar-refractivity contribution in [2.24, 2.45) is 28.6 Å². The topological polar surface area (TPSA) is 184 Å². The maximum atomic E-state index is 16.9. The van der Waals surface area contributed by atoms with Crippen molar-refractivity contribution < 1.29 is 56.7 Å². The first-order valence-electron chi connectivity index (χ1n) is 16.7. The van der Waals surface area contributed by atoms with E-state index in [1.807, 2.05) is 0 Å². The normalized spacial score (nSPS) is 35.0. The summed E-state index contributed by atoms with van der Waals surface area (Å²) in [6, 6.07) is 0.610. The van der Waals surface area contributed by atoms with Gasteiger partial charge in [0.1, 0.15) is 18.4 Å². The molecule has 0 radical (unpaired) electrons. The van der Waals surface area contributed by atoms with Crippen LogP contribution in [0.4, 0.5) is 39.0 Å². The Morgan fingerprint density at radius 2 is 1.67 bits per heavy atom. The van der Waals surface area contributed by atoms with Crippen LogP contribution in [0.25, 0.3) is 0 Å². The van der Waals surface area contributed by atoms with Gasteiger partial charge in [-0.2, -0.15) is 13.2 Å². The predicted octanol–water partition coefficient (Wildman–Crippen LogP) is 5.82. The zero-order valence-electron chi connectivity index (χ0n) is 28.8. The molecule has 1 aromatic rings. The molecule has 0 aliphatic heterocycles.